The number of hydrogen-bond donors (Lipinski definition) is 3. The zero-order valence-corrected chi connectivity index (χ0v) is 14.6. The van der Waals surface area contributed by atoms with Crippen LogP contribution in [0, 0.1) is 0 Å². The van der Waals surface area contributed by atoms with Crippen molar-refractivity contribution >= 4 is 17.3 Å². The molecule has 0 aliphatic carbocycles. The van der Waals surface area contributed by atoms with Gasteiger partial charge in [0.1, 0.15) is 0 Å². The first kappa shape index (κ1) is 16.8. The molecule has 7 heteroatoms. The summed E-state index contributed by atoms with van der Waals surface area (Å²) in [6.07, 6.45) is 3.94. The van der Waals surface area contributed by atoms with E-state index in [1.165, 1.54) is 12.3 Å². The van der Waals surface area contributed by atoms with E-state index in [0.29, 0.717) is 17.8 Å². The smallest absolute Gasteiger partial charge is 0.336 e. The molecule has 1 aromatic heterocycles. The summed E-state index contributed by atoms with van der Waals surface area (Å²) in [5.41, 5.74) is 9.11. The molecule has 0 saturated carbocycles. The van der Waals surface area contributed by atoms with E-state index in [-0.39, 0.29) is 23.8 Å². The van der Waals surface area contributed by atoms with Crippen LogP contribution in [0.2, 0.25) is 0 Å². The number of benzene rings is 1. The number of rotatable bonds is 4. The second-order valence-corrected chi connectivity index (χ2v) is 7.25. The van der Waals surface area contributed by atoms with Gasteiger partial charge in [0.05, 0.1) is 29.1 Å². The fraction of sp³-hybridized carbons (Fsp3) is 0.368. The SMILES string of the molecule is CN1C[C@@H]2C[C@@]1(CO)CN2c1cc(-c2cnccc2C(=O)O)ccc1N. The van der Waals surface area contributed by atoms with E-state index in [0.717, 1.165) is 24.2 Å². The lowest BCUT2D eigenvalue weighted by Gasteiger charge is -2.40. The number of aromatic nitrogens is 1. The highest BCUT2D eigenvalue weighted by Crippen LogP contribution is 2.43. The molecule has 1 aromatic carbocycles. The molecule has 2 saturated heterocycles. The van der Waals surface area contributed by atoms with Gasteiger partial charge >= 0.3 is 5.97 Å². The molecule has 7 nitrogen and oxygen atoms in total. The minimum absolute atomic E-state index is 0.113. The van der Waals surface area contributed by atoms with Crippen molar-refractivity contribution in [3.63, 3.8) is 0 Å². The zero-order valence-electron chi connectivity index (χ0n) is 14.6. The molecule has 0 spiro atoms. The molecular formula is C19H22N4O3. The Morgan fingerprint density at radius 2 is 2.23 bits per heavy atom. The van der Waals surface area contributed by atoms with Crippen molar-refractivity contribution in [1.82, 2.24) is 9.88 Å². The molecule has 0 unspecified atom stereocenters. The molecular weight excluding hydrogens is 332 g/mol. The molecule has 2 aromatic rings. The molecule has 4 rings (SSSR count). The van der Waals surface area contributed by atoms with Crippen molar-refractivity contribution in [2.45, 2.75) is 18.0 Å². The van der Waals surface area contributed by atoms with Gasteiger partial charge in [0.2, 0.25) is 0 Å². The van der Waals surface area contributed by atoms with Crippen molar-refractivity contribution in [3.05, 3.63) is 42.2 Å². The number of fused-ring (bicyclic) bond motifs is 2. The number of aliphatic hydroxyl groups is 1. The Labute approximate surface area is 151 Å². The van der Waals surface area contributed by atoms with Gasteiger partial charge in [0.25, 0.3) is 0 Å². The van der Waals surface area contributed by atoms with Crippen molar-refractivity contribution in [2.24, 2.45) is 0 Å². The van der Waals surface area contributed by atoms with Gasteiger partial charge in [0.15, 0.2) is 0 Å². The number of nitrogen functional groups attached to an aromatic ring is 1. The third kappa shape index (κ3) is 2.43. The summed E-state index contributed by atoms with van der Waals surface area (Å²) in [5, 5.41) is 19.4. The molecule has 26 heavy (non-hydrogen) atoms. The molecule has 2 bridgehead atoms. The first-order valence-corrected chi connectivity index (χ1v) is 8.61. The summed E-state index contributed by atoms with van der Waals surface area (Å²) in [5.74, 6) is -0.984. The fourth-order valence-corrected chi connectivity index (χ4v) is 4.30. The number of carboxylic acid groups (broad SMARTS) is 1. The summed E-state index contributed by atoms with van der Waals surface area (Å²) in [7, 11) is 2.04. The molecule has 3 heterocycles. The maximum absolute atomic E-state index is 11.5. The summed E-state index contributed by atoms with van der Waals surface area (Å²) < 4.78 is 0. The average Bonchev–Trinajstić information content (AvgIpc) is 3.17. The van der Waals surface area contributed by atoms with E-state index in [2.05, 4.69) is 14.8 Å². The van der Waals surface area contributed by atoms with Crippen LogP contribution < -0.4 is 10.6 Å². The van der Waals surface area contributed by atoms with Crippen LogP contribution >= 0.6 is 0 Å². The standard InChI is InChI=1S/C19H22N4O3/c1-22-9-13-7-19(22,11-24)10-23(13)17-6-12(2-3-16(17)20)15-8-21-5-4-14(15)18(25)26/h2-6,8,13,24H,7,9-11,20H2,1H3,(H,25,26)/t13-,19-/m0/s1. The van der Waals surface area contributed by atoms with Crippen LogP contribution in [-0.2, 0) is 0 Å². The highest BCUT2D eigenvalue weighted by atomic mass is 16.4. The lowest BCUT2D eigenvalue weighted by atomic mass is 9.99. The lowest BCUT2D eigenvalue weighted by Crippen LogP contribution is -2.54. The van der Waals surface area contributed by atoms with Crippen molar-refractivity contribution < 1.29 is 15.0 Å². The maximum Gasteiger partial charge on any atom is 0.336 e. The normalized spacial score (nSPS) is 25.0. The third-order valence-electron chi connectivity index (χ3n) is 5.81. The van der Waals surface area contributed by atoms with E-state index < -0.39 is 5.97 Å². The first-order chi connectivity index (χ1) is 12.4. The number of aromatic carboxylic acids is 1. The Kier molecular flexibility index (Phi) is 3.86. The van der Waals surface area contributed by atoms with E-state index in [4.69, 9.17) is 5.73 Å². The van der Waals surface area contributed by atoms with Crippen molar-refractivity contribution in [2.75, 3.05) is 37.4 Å². The van der Waals surface area contributed by atoms with Gasteiger partial charge in [-0.2, -0.15) is 0 Å². The number of aliphatic hydroxyl groups excluding tert-OH is 1. The van der Waals surface area contributed by atoms with Gasteiger partial charge in [-0.1, -0.05) is 6.07 Å². The number of nitrogens with two attached hydrogens (primary N) is 1. The topological polar surface area (TPSA) is 103 Å². The molecule has 136 valence electrons. The van der Waals surface area contributed by atoms with Crippen LogP contribution in [0.15, 0.2) is 36.7 Å². The number of pyridine rings is 1. The predicted molar refractivity (Wildman–Crippen MR) is 99.2 cm³/mol. The number of piperazine rings is 1. The first-order valence-electron chi connectivity index (χ1n) is 8.61. The molecule has 4 N–H and O–H groups in total. The highest BCUT2D eigenvalue weighted by molar-refractivity contribution is 5.96. The molecule has 0 amide bonds. The zero-order chi connectivity index (χ0) is 18.5. The fourth-order valence-electron chi connectivity index (χ4n) is 4.30. The van der Waals surface area contributed by atoms with Gasteiger partial charge in [0, 0.05) is 37.1 Å². The number of likely N-dealkylation sites (tertiary alicyclic amines) is 1. The van der Waals surface area contributed by atoms with Crippen LogP contribution in [0.4, 0.5) is 11.4 Å². The number of hydrogen-bond acceptors (Lipinski definition) is 6. The minimum atomic E-state index is -0.984. The summed E-state index contributed by atoms with van der Waals surface area (Å²) in [4.78, 5) is 20.1. The third-order valence-corrected chi connectivity index (χ3v) is 5.81. The second kappa shape index (κ2) is 5.96. The summed E-state index contributed by atoms with van der Waals surface area (Å²) in [6, 6.07) is 7.36. The van der Waals surface area contributed by atoms with Crippen LogP contribution in [0.25, 0.3) is 11.1 Å². The lowest BCUT2D eigenvalue weighted by molar-refractivity contribution is 0.0697. The Bertz CT molecular complexity index is 872. The van der Waals surface area contributed by atoms with E-state index in [1.54, 1.807) is 6.20 Å². The maximum atomic E-state index is 11.5. The highest BCUT2D eigenvalue weighted by Gasteiger charge is 2.53. The molecule has 2 aliphatic heterocycles. The number of anilines is 2. The largest absolute Gasteiger partial charge is 0.478 e. The van der Waals surface area contributed by atoms with Crippen LogP contribution in [0.3, 0.4) is 0 Å². The number of carboxylic acids is 1. The van der Waals surface area contributed by atoms with Crippen LogP contribution in [0.5, 0.6) is 0 Å². The summed E-state index contributed by atoms with van der Waals surface area (Å²) in [6.45, 7) is 1.69. The number of likely N-dealkylation sites (N-methyl/N-ethyl adjacent to an activating group) is 1. The van der Waals surface area contributed by atoms with Gasteiger partial charge in [-0.05, 0) is 37.2 Å². The summed E-state index contributed by atoms with van der Waals surface area (Å²) >= 11 is 0. The van der Waals surface area contributed by atoms with Gasteiger partial charge in [-0.25, -0.2) is 4.79 Å². The Morgan fingerprint density at radius 3 is 2.92 bits per heavy atom. The predicted octanol–water partition coefficient (Wildman–Crippen LogP) is 1.28. The van der Waals surface area contributed by atoms with E-state index in [9.17, 15) is 15.0 Å². The van der Waals surface area contributed by atoms with Gasteiger partial charge in [-0.15, -0.1) is 0 Å². The van der Waals surface area contributed by atoms with Crippen LogP contribution in [0.1, 0.15) is 16.8 Å². The molecule has 0 radical (unpaired) electrons. The van der Waals surface area contributed by atoms with Crippen molar-refractivity contribution in [3.8, 4) is 11.1 Å². The van der Waals surface area contributed by atoms with Crippen molar-refractivity contribution in [1.29, 1.82) is 0 Å². The number of nitrogens with zero attached hydrogens (tertiary/aromatic N) is 3. The molecule has 2 aliphatic rings. The Hall–Kier alpha value is -2.64. The van der Waals surface area contributed by atoms with Crippen LogP contribution in [-0.4, -0.2) is 64.4 Å². The average molecular weight is 354 g/mol. The van der Waals surface area contributed by atoms with Gasteiger partial charge < -0.3 is 20.8 Å². The molecule has 2 fully saturated rings. The second-order valence-electron chi connectivity index (χ2n) is 7.25. The monoisotopic (exact) mass is 354 g/mol. The van der Waals surface area contributed by atoms with E-state index >= 15 is 0 Å². The number of carbonyl (C=O) groups is 1. The Balaban J connectivity index is 1.75. The van der Waals surface area contributed by atoms with Gasteiger partial charge in [-0.3, -0.25) is 9.88 Å². The van der Waals surface area contributed by atoms with E-state index in [1.807, 2.05) is 25.2 Å². The quantitative estimate of drug-likeness (QED) is 0.711. The minimum Gasteiger partial charge on any atom is -0.478 e. The Morgan fingerprint density at radius 1 is 1.42 bits per heavy atom. The molecule has 2 atom stereocenters.